The van der Waals surface area contributed by atoms with Gasteiger partial charge in [-0.3, -0.25) is 5.32 Å². The molecule has 2 heterocycles. The Hall–Kier alpha value is -3.40. The summed E-state index contributed by atoms with van der Waals surface area (Å²) in [7, 11) is 0. The van der Waals surface area contributed by atoms with E-state index in [1.165, 1.54) is 16.4 Å². The summed E-state index contributed by atoms with van der Waals surface area (Å²) in [6.07, 6.45) is 1.45. The number of benzene rings is 1. The summed E-state index contributed by atoms with van der Waals surface area (Å²) < 4.78 is 1.52. The van der Waals surface area contributed by atoms with Crippen LogP contribution in [0.25, 0.3) is 16.7 Å². The Morgan fingerprint density at radius 2 is 1.89 bits per heavy atom. The fourth-order valence-electron chi connectivity index (χ4n) is 3.35. The number of nitrogens with zero attached hydrogens (tertiary/aromatic N) is 5. The summed E-state index contributed by atoms with van der Waals surface area (Å²) >= 11 is 0. The van der Waals surface area contributed by atoms with Crippen molar-refractivity contribution in [1.82, 2.24) is 19.7 Å². The Labute approximate surface area is 164 Å². The first-order valence-corrected chi connectivity index (χ1v) is 9.32. The molecule has 0 atom stereocenters. The molecule has 0 aliphatic rings. The maximum Gasteiger partial charge on any atom is 0.323 e. The molecule has 0 saturated heterocycles. The molecule has 2 amide bonds. The molecule has 3 rings (SSSR count). The van der Waals surface area contributed by atoms with Crippen molar-refractivity contribution in [2.45, 2.75) is 34.6 Å². The van der Waals surface area contributed by atoms with E-state index in [0.29, 0.717) is 30.3 Å². The quantitative estimate of drug-likeness (QED) is 0.743. The van der Waals surface area contributed by atoms with Crippen LogP contribution in [0, 0.1) is 32.1 Å². The van der Waals surface area contributed by atoms with Gasteiger partial charge in [-0.15, -0.1) is 0 Å². The van der Waals surface area contributed by atoms with Crippen molar-refractivity contribution in [3.63, 3.8) is 0 Å². The number of fused-ring (bicyclic) bond motifs is 1. The second-order valence-electron chi connectivity index (χ2n) is 6.81. The maximum atomic E-state index is 12.5. The van der Waals surface area contributed by atoms with E-state index in [0.717, 1.165) is 22.0 Å². The molecule has 0 unspecified atom stereocenters. The Morgan fingerprint density at radius 3 is 2.54 bits per heavy atom. The number of nitrogens with one attached hydrogen (secondary N) is 1. The molecule has 0 aliphatic carbocycles. The molecular formula is C21H24N6O. The van der Waals surface area contributed by atoms with Gasteiger partial charge in [-0.25, -0.2) is 9.78 Å². The average Bonchev–Trinajstić information content (AvgIpc) is 3.06. The van der Waals surface area contributed by atoms with Crippen molar-refractivity contribution in [3.8, 4) is 11.9 Å². The average molecular weight is 376 g/mol. The monoisotopic (exact) mass is 376 g/mol. The SMILES string of the molecule is CCN(CC)C(=O)Nc1c(C#N)cnn1-c1cc(C)c2cc(C)cc(C)c2n1. The second-order valence-corrected chi connectivity index (χ2v) is 6.81. The van der Waals surface area contributed by atoms with Gasteiger partial charge in [0.15, 0.2) is 11.6 Å². The van der Waals surface area contributed by atoms with Crippen LogP contribution in [0.3, 0.4) is 0 Å². The van der Waals surface area contributed by atoms with Crippen molar-refractivity contribution >= 4 is 22.8 Å². The van der Waals surface area contributed by atoms with Crippen LogP contribution in [0.2, 0.25) is 0 Å². The zero-order valence-electron chi connectivity index (χ0n) is 16.9. The number of nitriles is 1. The van der Waals surface area contributed by atoms with Gasteiger partial charge in [0.25, 0.3) is 0 Å². The van der Waals surface area contributed by atoms with Crippen LogP contribution in [-0.2, 0) is 0 Å². The number of amides is 2. The van der Waals surface area contributed by atoms with Gasteiger partial charge in [0, 0.05) is 18.5 Å². The Balaban J connectivity index is 2.13. The zero-order valence-corrected chi connectivity index (χ0v) is 16.9. The summed E-state index contributed by atoms with van der Waals surface area (Å²) in [4.78, 5) is 19.0. The molecule has 0 spiro atoms. The zero-order chi connectivity index (χ0) is 20.4. The van der Waals surface area contributed by atoms with Gasteiger partial charge in [-0.2, -0.15) is 15.0 Å². The topological polar surface area (TPSA) is 86.8 Å². The largest absolute Gasteiger partial charge is 0.325 e. The van der Waals surface area contributed by atoms with Crippen molar-refractivity contribution < 1.29 is 4.79 Å². The Kier molecular flexibility index (Phi) is 5.32. The van der Waals surface area contributed by atoms with Gasteiger partial charge in [-0.05, 0) is 57.9 Å². The molecule has 1 aromatic carbocycles. The summed E-state index contributed by atoms with van der Waals surface area (Å²) in [5.74, 6) is 0.892. The molecule has 7 nitrogen and oxygen atoms in total. The van der Waals surface area contributed by atoms with Crippen molar-refractivity contribution in [2.24, 2.45) is 0 Å². The number of hydrogen-bond donors (Lipinski definition) is 1. The van der Waals surface area contributed by atoms with Crippen molar-refractivity contribution in [2.75, 3.05) is 18.4 Å². The molecule has 0 saturated carbocycles. The molecule has 0 aliphatic heterocycles. The standard InChI is InChI=1S/C21H24N6O/c1-6-26(7-2)21(28)25-20-16(11-22)12-23-27(20)18-10-14(4)17-9-13(3)8-15(5)19(17)24-18/h8-10,12H,6-7H2,1-5H3,(H,25,28). The highest BCUT2D eigenvalue weighted by Gasteiger charge is 2.19. The lowest BCUT2D eigenvalue weighted by molar-refractivity contribution is 0.217. The van der Waals surface area contributed by atoms with Crippen LogP contribution in [0.15, 0.2) is 24.4 Å². The number of rotatable bonds is 4. The molecule has 2 aromatic heterocycles. The third kappa shape index (κ3) is 3.41. The molecule has 1 N–H and O–H groups in total. The van der Waals surface area contributed by atoms with Crippen LogP contribution in [0.1, 0.15) is 36.1 Å². The van der Waals surface area contributed by atoms with E-state index in [1.807, 2.05) is 33.8 Å². The van der Waals surface area contributed by atoms with E-state index in [4.69, 9.17) is 4.98 Å². The van der Waals surface area contributed by atoms with Gasteiger partial charge in [0.2, 0.25) is 0 Å². The lowest BCUT2D eigenvalue weighted by Gasteiger charge is -2.20. The molecular weight excluding hydrogens is 352 g/mol. The van der Waals surface area contributed by atoms with Crippen LogP contribution in [0.4, 0.5) is 10.6 Å². The molecule has 144 valence electrons. The number of aryl methyl sites for hydroxylation is 3. The first-order chi connectivity index (χ1) is 13.4. The maximum absolute atomic E-state index is 12.5. The molecule has 0 fully saturated rings. The van der Waals surface area contributed by atoms with E-state index >= 15 is 0 Å². The summed E-state index contributed by atoms with van der Waals surface area (Å²) in [5, 5.41) is 17.7. The molecule has 28 heavy (non-hydrogen) atoms. The van der Waals surface area contributed by atoms with Crippen LogP contribution in [-0.4, -0.2) is 38.8 Å². The van der Waals surface area contributed by atoms with Crippen LogP contribution in [0.5, 0.6) is 0 Å². The second kappa shape index (κ2) is 7.69. The van der Waals surface area contributed by atoms with E-state index in [9.17, 15) is 10.1 Å². The van der Waals surface area contributed by atoms with Crippen molar-refractivity contribution in [3.05, 3.63) is 46.6 Å². The fraction of sp³-hybridized carbons (Fsp3) is 0.333. The number of carbonyl (C=O) groups is 1. The first-order valence-electron chi connectivity index (χ1n) is 9.32. The number of aromatic nitrogens is 3. The summed E-state index contributed by atoms with van der Waals surface area (Å²) in [6, 6.07) is 7.94. The van der Waals surface area contributed by atoms with Crippen LogP contribution >= 0.6 is 0 Å². The third-order valence-corrected chi connectivity index (χ3v) is 4.82. The highest BCUT2D eigenvalue weighted by molar-refractivity contribution is 5.90. The molecule has 3 aromatic rings. The highest BCUT2D eigenvalue weighted by Crippen LogP contribution is 2.26. The number of urea groups is 1. The summed E-state index contributed by atoms with van der Waals surface area (Å²) in [5.41, 5.74) is 4.49. The third-order valence-electron chi connectivity index (χ3n) is 4.82. The summed E-state index contributed by atoms with van der Waals surface area (Å²) in [6.45, 7) is 11.1. The van der Waals surface area contributed by atoms with E-state index < -0.39 is 0 Å². The normalized spacial score (nSPS) is 10.7. The fourth-order valence-corrected chi connectivity index (χ4v) is 3.35. The minimum atomic E-state index is -0.271. The predicted octanol–water partition coefficient (Wildman–Crippen LogP) is 4.09. The van der Waals surface area contributed by atoms with E-state index in [2.05, 4.69) is 35.5 Å². The van der Waals surface area contributed by atoms with Gasteiger partial charge >= 0.3 is 6.03 Å². The van der Waals surface area contributed by atoms with E-state index in [-0.39, 0.29) is 6.03 Å². The molecule has 7 heteroatoms. The van der Waals surface area contributed by atoms with Gasteiger partial charge < -0.3 is 4.90 Å². The minimum Gasteiger partial charge on any atom is -0.325 e. The van der Waals surface area contributed by atoms with Gasteiger partial charge in [0.05, 0.1) is 11.7 Å². The number of anilines is 1. The first kappa shape index (κ1) is 19.4. The van der Waals surface area contributed by atoms with E-state index in [1.54, 1.807) is 4.90 Å². The molecule has 0 bridgehead atoms. The van der Waals surface area contributed by atoms with Crippen molar-refractivity contribution in [1.29, 1.82) is 5.26 Å². The predicted molar refractivity (Wildman–Crippen MR) is 110 cm³/mol. The lowest BCUT2D eigenvalue weighted by Crippen LogP contribution is -2.35. The lowest BCUT2D eigenvalue weighted by atomic mass is 10.0. The van der Waals surface area contributed by atoms with Gasteiger partial charge in [-0.1, -0.05) is 11.6 Å². The number of hydrogen-bond acceptors (Lipinski definition) is 4. The minimum absolute atomic E-state index is 0.271. The smallest absolute Gasteiger partial charge is 0.323 e. The molecule has 0 radical (unpaired) electrons. The van der Waals surface area contributed by atoms with Crippen LogP contribution < -0.4 is 5.32 Å². The Morgan fingerprint density at radius 1 is 1.18 bits per heavy atom. The number of pyridine rings is 1. The highest BCUT2D eigenvalue weighted by atomic mass is 16.2. The van der Waals surface area contributed by atoms with Gasteiger partial charge in [0.1, 0.15) is 11.6 Å². The Bertz CT molecular complexity index is 1090. The number of carbonyl (C=O) groups excluding carboxylic acids is 1.